The lowest BCUT2D eigenvalue weighted by Crippen LogP contribution is -2.20. The summed E-state index contributed by atoms with van der Waals surface area (Å²) in [7, 11) is -3.57. The number of thiol groups is 3. The molecule has 0 saturated carbocycles. The molecule has 0 saturated heterocycles. The summed E-state index contributed by atoms with van der Waals surface area (Å²) < 4.78 is 22.1. The number of hydrogen-bond acceptors (Lipinski definition) is 8. The third-order valence-electron chi connectivity index (χ3n) is 0.300. The van der Waals surface area contributed by atoms with Crippen LogP contribution < -0.4 is 11.5 Å². The second kappa shape index (κ2) is 8.05. The van der Waals surface area contributed by atoms with E-state index < -0.39 is 7.82 Å². The summed E-state index contributed by atoms with van der Waals surface area (Å²) in [5.74, 6) is -0.333. The first kappa shape index (κ1) is 14.9. The van der Waals surface area contributed by atoms with Crippen LogP contribution in [0.4, 0.5) is 0 Å². The van der Waals surface area contributed by atoms with Crippen LogP contribution >= 0.6 is 46.6 Å². The molecule has 11 heteroatoms. The molecule has 0 aromatic carbocycles. The number of rotatable bonds is 3. The van der Waals surface area contributed by atoms with E-state index in [2.05, 4.69) is 62.1 Å². The molecule has 0 spiro atoms. The molecule has 0 aliphatic rings. The first-order valence-corrected chi connectivity index (χ1v) is 4.66. The van der Waals surface area contributed by atoms with Gasteiger partial charge < -0.3 is 11.5 Å². The van der Waals surface area contributed by atoms with E-state index in [0.29, 0.717) is 0 Å². The first-order valence-electron chi connectivity index (χ1n) is 2.11. The van der Waals surface area contributed by atoms with Crippen molar-refractivity contribution < 1.29 is 16.5 Å². The number of phosphoric acid groups is 1. The van der Waals surface area contributed by atoms with Gasteiger partial charge in [-0.25, -0.2) is 16.5 Å². The average molecular weight is 253 g/mol. The minimum atomic E-state index is -3.57. The third-order valence-corrected chi connectivity index (χ3v) is 2.70. The van der Waals surface area contributed by atoms with Crippen LogP contribution in [-0.2, 0) is 16.5 Å². The molecule has 0 radical (unpaired) electrons. The van der Waals surface area contributed by atoms with Crippen LogP contribution in [0.15, 0.2) is 0 Å². The fourth-order valence-electron chi connectivity index (χ4n) is 0.0447. The molecular formula is CH8N3O4PS3. The van der Waals surface area contributed by atoms with Gasteiger partial charge in [0, 0.05) is 0 Å². The maximum absolute atomic E-state index is 10.4. The van der Waals surface area contributed by atoms with E-state index in [-0.39, 0.29) is 5.96 Å². The SMILES string of the molecule is N=C(N)N.O=P(OS)(OS)OS. The molecule has 7 nitrogen and oxygen atoms in total. The molecule has 0 aliphatic heterocycles. The molecular weight excluding hydrogens is 245 g/mol. The highest BCUT2D eigenvalue weighted by Gasteiger charge is 2.22. The maximum Gasteiger partial charge on any atom is 0.507 e. The normalized spacial score (nSPS) is 9.92. The summed E-state index contributed by atoms with van der Waals surface area (Å²) in [5, 5.41) is 6.06. The first-order chi connectivity index (χ1) is 5.41. The largest absolute Gasteiger partial charge is 0.507 e. The van der Waals surface area contributed by atoms with Crippen molar-refractivity contribution >= 4 is 52.5 Å². The van der Waals surface area contributed by atoms with Crippen LogP contribution in [0.1, 0.15) is 0 Å². The van der Waals surface area contributed by atoms with Gasteiger partial charge in [0.15, 0.2) is 5.96 Å². The van der Waals surface area contributed by atoms with Crippen molar-refractivity contribution in [2.75, 3.05) is 0 Å². The Kier molecular flexibility index (Phi) is 10.0. The van der Waals surface area contributed by atoms with Crippen molar-refractivity contribution in [3.8, 4) is 0 Å². The fraction of sp³-hybridized carbons (Fsp3) is 0. The number of guanidine groups is 1. The van der Waals surface area contributed by atoms with Gasteiger partial charge in [-0.15, -0.1) is 0 Å². The Labute approximate surface area is 86.1 Å². The van der Waals surface area contributed by atoms with E-state index >= 15 is 0 Å². The lowest BCUT2D eigenvalue weighted by atomic mass is 11.1. The molecule has 0 amide bonds. The Morgan fingerprint density at radius 3 is 1.33 bits per heavy atom. The summed E-state index contributed by atoms with van der Waals surface area (Å²) >= 11 is 9.45. The van der Waals surface area contributed by atoms with Crippen LogP contribution in [0.2, 0.25) is 0 Å². The Morgan fingerprint density at radius 2 is 1.33 bits per heavy atom. The number of nitrogens with one attached hydrogen (secondary N) is 1. The van der Waals surface area contributed by atoms with Gasteiger partial charge in [0.1, 0.15) is 0 Å². The standard InChI is InChI=1S/CH5N3.H3O4PS3/c2-1(3)4;1-5(2-6,3-7)4-8/h(H5,2,3,4);6-8H. The van der Waals surface area contributed by atoms with Gasteiger partial charge in [0.05, 0.1) is 0 Å². The predicted molar refractivity (Wildman–Crippen MR) is 53.9 cm³/mol. The molecule has 0 aromatic heterocycles. The Balaban J connectivity index is 0. The average Bonchev–Trinajstić information content (AvgIpc) is 2.02. The quantitative estimate of drug-likeness (QED) is 0.143. The molecule has 0 rings (SSSR count). The summed E-state index contributed by atoms with van der Waals surface area (Å²) in [5.41, 5.74) is 8.94. The fourth-order valence-corrected chi connectivity index (χ4v) is 1.21. The Hall–Kier alpha value is 0.430. The van der Waals surface area contributed by atoms with Crippen molar-refractivity contribution in [1.29, 1.82) is 5.41 Å². The van der Waals surface area contributed by atoms with Crippen molar-refractivity contribution in [1.82, 2.24) is 0 Å². The zero-order valence-electron chi connectivity index (χ0n) is 5.58. The van der Waals surface area contributed by atoms with Gasteiger partial charge in [-0.2, -0.15) is 0 Å². The van der Waals surface area contributed by atoms with Gasteiger partial charge >= 0.3 is 7.82 Å². The Bertz CT molecular complexity index is 154. The molecule has 0 atom stereocenters. The molecule has 0 unspecified atom stereocenters. The number of nitrogens with two attached hydrogens (primary N) is 2. The zero-order valence-corrected chi connectivity index (χ0v) is 9.15. The van der Waals surface area contributed by atoms with Crippen LogP contribution in [0.3, 0.4) is 0 Å². The van der Waals surface area contributed by atoms with E-state index in [0.717, 1.165) is 0 Å². The van der Waals surface area contributed by atoms with E-state index in [9.17, 15) is 4.57 Å². The van der Waals surface area contributed by atoms with Gasteiger partial charge in [0.2, 0.25) is 0 Å². The number of hydrogen-bond donors (Lipinski definition) is 6. The minimum Gasteiger partial charge on any atom is -0.370 e. The second-order valence-corrected chi connectivity index (χ2v) is 4.00. The predicted octanol–water partition coefficient (Wildman–Crippen LogP) is 0.517. The molecule has 5 N–H and O–H groups in total. The van der Waals surface area contributed by atoms with Crippen molar-refractivity contribution in [2.24, 2.45) is 11.5 Å². The van der Waals surface area contributed by atoms with Crippen molar-refractivity contribution in [2.45, 2.75) is 0 Å². The maximum atomic E-state index is 10.4. The second-order valence-electron chi connectivity index (χ2n) is 1.15. The van der Waals surface area contributed by atoms with Crippen LogP contribution in [0.5, 0.6) is 0 Å². The highest BCUT2D eigenvalue weighted by molar-refractivity contribution is 7.89. The van der Waals surface area contributed by atoms with Crippen LogP contribution in [0.25, 0.3) is 0 Å². The van der Waals surface area contributed by atoms with Gasteiger partial charge in [-0.3, -0.25) is 5.41 Å². The lowest BCUT2D eigenvalue weighted by Gasteiger charge is -2.03. The topological polar surface area (TPSA) is 121 Å². The smallest absolute Gasteiger partial charge is 0.370 e. The molecule has 74 valence electrons. The highest BCUT2D eigenvalue weighted by Crippen LogP contribution is 2.52. The Morgan fingerprint density at radius 1 is 1.17 bits per heavy atom. The summed E-state index contributed by atoms with van der Waals surface area (Å²) in [6.45, 7) is 0. The van der Waals surface area contributed by atoms with Crippen LogP contribution in [0, 0.1) is 5.41 Å². The summed E-state index contributed by atoms with van der Waals surface area (Å²) in [4.78, 5) is 0. The highest BCUT2D eigenvalue weighted by atomic mass is 32.1. The van der Waals surface area contributed by atoms with Gasteiger partial charge in [0.25, 0.3) is 0 Å². The summed E-state index contributed by atoms with van der Waals surface area (Å²) in [6, 6.07) is 0. The lowest BCUT2D eigenvalue weighted by molar-refractivity contribution is 0.356. The van der Waals surface area contributed by atoms with Crippen molar-refractivity contribution in [3.63, 3.8) is 0 Å². The molecule has 0 heterocycles. The van der Waals surface area contributed by atoms with E-state index in [1.165, 1.54) is 0 Å². The molecule has 0 bridgehead atoms. The molecule has 0 fully saturated rings. The third kappa shape index (κ3) is 10.4. The van der Waals surface area contributed by atoms with E-state index in [4.69, 9.17) is 5.41 Å². The molecule has 12 heavy (non-hydrogen) atoms. The van der Waals surface area contributed by atoms with Gasteiger partial charge in [-0.1, -0.05) is 0 Å². The monoisotopic (exact) mass is 253 g/mol. The molecule has 0 aromatic rings. The minimum absolute atomic E-state index is 0.333. The van der Waals surface area contributed by atoms with E-state index in [1.54, 1.807) is 0 Å². The van der Waals surface area contributed by atoms with E-state index in [1.807, 2.05) is 0 Å². The zero-order chi connectivity index (χ0) is 10.2. The molecule has 0 aliphatic carbocycles. The summed E-state index contributed by atoms with van der Waals surface area (Å²) in [6.07, 6.45) is 0. The van der Waals surface area contributed by atoms with Crippen LogP contribution in [-0.4, -0.2) is 5.96 Å². The van der Waals surface area contributed by atoms with Crippen molar-refractivity contribution in [3.05, 3.63) is 0 Å². The van der Waals surface area contributed by atoms with Gasteiger partial charge in [-0.05, 0) is 38.7 Å².